The number of rotatable bonds is 10. The fraction of sp³-hybridized carbons (Fsp3) is 0.579. The van der Waals surface area contributed by atoms with Crippen molar-refractivity contribution >= 4 is 11.9 Å². The van der Waals surface area contributed by atoms with Gasteiger partial charge in [0.25, 0.3) is 5.91 Å². The standard InChI is InChI=1S/C19H29NO4/c1-5-24-12-6-11-20(13-15(4)19(22)23)18(21)17-9-7-16(8-10-17)14(2)3/h7-10,14-15H,5-6,11-13H2,1-4H3,(H,22,23). The quantitative estimate of drug-likeness (QED) is 0.666. The number of ether oxygens (including phenoxy) is 1. The summed E-state index contributed by atoms with van der Waals surface area (Å²) in [6.45, 7) is 9.63. The monoisotopic (exact) mass is 335 g/mol. The highest BCUT2D eigenvalue weighted by molar-refractivity contribution is 5.94. The average Bonchev–Trinajstić information content (AvgIpc) is 2.56. The predicted octanol–water partition coefficient (Wildman–Crippen LogP) is 3.40. The van der Waals surface area contributed by atoms with Crippen LogP contribution in [0.15, 0.2) is 24.3 Å². The van der Waals surface area contributed by atoms with Gasteiger partial charge < -0.3 is 14.7 Å². The Bertz CT molecular complexity index is 525. The lowest BCUT2D eigenvalue weighted by atomic mass is 10.0. The van der Waals surface area contributed by atoms with Crippen molar-refractivity contribution in [3.8, 4) is 0 Å². The maximum atomic E-state index is 12.7. The molecular weight excluding hydrogens is 306 g/mol. The molecule has 1 aromatic carbocycles. The van der Waals surface area contributed by atoms with Crippen molar-refractivity contribution in [3.05, 3.63) is 35.4 Å². The largest absolute Gasteiger partial charge is 0.481 e. The summed E-state index contributed by atoms with van der Waals surface area (Å²) in [4.78, 5) is 25.5. The van der Waals surface area contributed by atoms with Crippen LogP contribution in [0.3, 0.4) is 0 Å². The number of carbonyl (C=O) groups is 2. The van der Waals surface area contributed by atoms with Crippen LogP contribution in [0.2, 0.25) is 0 Å². The van der Waals surface area contributed by atoms with E-state index in [1.165, 1.54) is 5.56 Å². The van der Waals surface area contributed by atoms with Gasteiger partial charge in [-0.2, -0.15) is 0 Å². The molecule has 134 valence electrons. The van der Waals surface area contributed by atoms with E-state index in [0.717, 1.165) is 0 Å². The van der Waals surface area contributed by atoms with E-state index in [4.69, 9.17) is 9.84 Å². The number of hydrogen-bond donors (Lipinski definition) is 1. The van der Waals surface area contributed by atoms with Gasteiger partial charge in [-0.15, -0.1) is 0 Å². The molecule has 1 aromatic rings. The predicted molar refractivity (Wildman–Crippen MR) is 94.3 cm³/mol. The summed E-state index contributed by atoms with van der Waals surface area (Å²) in [5.41, 5.74) is 1.77. The molecule has 0 fully saturated rings. The first-order valence-corrected chi connectivity index (χ1v) is 8.56. The number of aliphatic carboxylic acids is 1. The minimum Gasteiger partial charge on any atom is -0.481 e. The van der Waals surface area contributed by atoms with E-state index in [1.54, 1.807) is 11.8 Å². The highest BCUT2D eigenvalue weighted by atomic mass is 16.5. The first-order chi connectivity index (χ1) is 11.4. The first kappa shape index (κ1) is 20.2. The number of amides is 1. The SMILES string of the molecule is CCOCCCN(CC(C)C(=O)O)C(=O)c1ccc(C(C)C)cc1. The molecule has 1 N–H and O–H groups in total. The van der Waals surface area contributed by atoms with E-state index in [1.807, 2.05) is 31.2 Å². The lowest BCUT2D eigenvalue weighted by Crippen LogP contribution is -2.38. The molecule has 0 aliphatic carbocycles. The Labute approximate surface area is 144 Å². The van der Waals surface area contributed by atoms with Crippen molar-refractivity contribution in [2.45, 2.75) is 40.0 Å². The van der Waals surface area contributed by atoms with Gasteiger partial charge in [-0.3, -0.25) is 9.59 Å². The van der Waals surface area contributed by atoms with E-state index in [2.05, 4.69) is 13.8 Å². The molecule has 0 aliphatic heterocycles. The van der Waals surface area contributed by atoms with E-state index < -0.39 is 11.9 Å². The number of carboxylic acids is 1. The van der Waals surface area contributed by atoms with Crippen LogP contribution in [0.5, 0.6) is 0 Å². The fourth-order valence-corrected chi connectivity index (χ4v) is 2.38. The maximum absolute atomic E-state index is 12.7. The summed E-state index contributed by atoms with van der Waals surface area (Å²) in [5, 5.41) is 9.13. The molecule has 0 spiro atoms. The van der Waals surface area contributed by atoms with Crippen LogP contribution in [0.4, 0.5) is 0 Å². The molecule has 0 saturated carbocycles. The number of carboxylic acid groups (broad SMARTS) is 1. The Kier molecular flexibility index (Phi) is 8.47. The lowest BCUT2D eigenvalue weighted by molar-refractivity contribution is -0.141. The minimum absolute atomic E-state index is 0.130. The zero-order valence-corrected chi connectivity index (χ0v) is 15.1. The molecule has 24 heavy (non-hydrogen) atoms. The Balaban J connectivity index is 2.82. The second kappa shape index (κ2) is 10.1. The third kappa shape index (κ3) is 6.32. The molecule has 0 bridgehead atoms. The van der Waals surface area contributed by atoms with Gasteiger partial charge in [-0.25, -0.2) is 0 Å². The van der Waals surface area contributed by atoms with Crippen LogP contribution in [-0.2, 0) is 9.53 Å². The van der Waals surface area contributed by atoms with Crippen LogP contribution < -0.4 is 0 Å². The van der Waals surface area contributed by atoms with Gasteiger partial charge in [0.05, 0.1) is 5.92 Å². The molecular formula is C19H29NO4. The van der Waals surface area contributed by atoms with Gasteiger partial charge in [-0.05, 0) is 37.0 Å². The van der Waals surface area contributed by atoms with Crippen LogP contribution in [-0.4, -0.2) is 48.2 Å². The van der Waals surface area contributed by atoms with Crippen molar-refractivity contribution in [1.82, 2.24) is 4.90 Å². The normalized spacial score (nSPS) is 12.2. The maximum Gasteiger partial charge on any atom is 0.308 e. The third-order valence-corrected chi connectivity index (χ3v) is 3.95. The van der Waals surface area contributed by atoms with Gasteiger partial charge in [-0.1, -0.05) is 32.9 Å². The highest BCUT2D eigenvalue weighted by Crippen LogP contribution is 2.16. The second-order valence-electron chi connectivity index (χ2n) is 6.32. The van der Waals surface area contributed by atoms with Gasteiger partial charge in [0.2, 0.25) is 0 Å². The molecule has 0 saturated heterocycles. The van der Waals surface area contributed by atoms with Crippen LogP contribution in [0, 0.1) is 5.92 Å². The van der Waals surface area contributed by atoms with E-state index in [-0.39, 0.29) is 12.5 Å². The summed E-state index contributed by atoms with van der Waals surface area (Å²) < 4.78 is 5.31. The molecule has 0 heterocycles. The summed E-state index contributed by atoms with van der Waals surface area (Å²) in [6.07, 6.45) is 0.690. The number of hydrogen-bond acceptors (Lipinski definition) is 3. The van der Waals surface area contributed by atoms with Gasteiger partial charge in [0.15, 0.2) is 0 Å². The first-order valence-electron chi connectivity index (χ1n) is 8.56. The Morgan fingerprint density at radius 3 is 2.29 bits per heavy atom. The average molecular weight is 335 g/mol. The molecule has 0 aromatic heterocycles. The topological polar surface area (TPSA) is 66.8 Å². The summed E-state index contributed by atoms with van der Waals surface area (Å²) in [6, 6.07) is 7.55. The van der Waals surface area contributed by atoms with Crippen molar-refractivity contribution < 1.29 is 19.4 Å². The van der Waals surface area contributed by atoms with Crippen molar-refractivity contribution in [3.63, 3.8) is 0 Å². The zero-order valence-electron chi connectivity index (χ0n) is 15.1. The van der Waals surface area contributed by atoms with E-state index in [9.17, 15) is 9.59 Å². The molecule has 1 unspecified atom stereocenters. The van der Waals surface area contributed by atoms with Crippen molar-refractivity contribution in [2.75, 3.05) is 26.3 Å². The summed E-state index contributed by atoms with van der Waals surface area (Å²) in [5.74, 6) is -1.22. The third-order valence-electron chi connectivity index (χ3n) is 3.95. The Morgan fingerprint density at radius 2 is 1.79 bits per heavy atom. The molecule has 1 atom stereocenters. The minimum atomic E-state index is -0.896. The van der Waals surface area contributed by atoms with E-state index >= 15 is 0 Å². The van der Waals surface area contributed by atoms with Crippen LogP contribution in [0.25, 0.3) is 0 Å². The molecule has 5 heteroatoms. The number of carbonyl (C=O) groups excluding carboxylic acids is 1. The Hall–Kier alpha value is -1.88. The number of benzene rings is 1. The molecule has 1 amide bonds. The molecule has 5 nitrogen and oxygen atoms in total. The zero-order chi connectivity index (χ0) is 18.1. The number of nitrogens with zero attached hydrogens (tertiary/aromatic N) is 1. The van der Waals surface area contributed by atoms with Crippen LogP contribution in [0.1, 0.15) is 56.0 Å². The molecule has 0 aliphatic rings. The molecule has 1 rings (SSSR count). The Morgan fingerprint density at radius 1 is 1.17 bits per heavy atom. The smallest absolute Gasteiger partial charge is 0.308 e. The van der Waals surface area contributed by atoms with Crippen molar-refractivity contribution in [2.24, 2.45) is 5.92 Å². The fourth-order valence-electron chi connectivity index (χ4n) is 2.38. The van der Waals surface area contributed by atoms with Gasteiger partial charge in [0, 0.05) is 31.9 Å². The van der Waals surface area contributed by atoms with Gasteiger partial charge in [0.1, 0.15) is 0 Å². The van der Waals surface area contributed by atoms with Gasteiger partial charge >= 0.3 is 5.97 Å². The van der Waals surface area contributed by atoms with Crippen LogP contribution >= 0.6 is 0 Å². The van der Waals surface area contributed by atoms with Crippen molar-refractivity contribution in [1.29, 1.82) is 0 Å². The lowest BCUT2D eigenvalue weighted by Gasteiger charge is -2.25. The molecule has 0 radical (unpaired) electrons. The highest BCUT2D eigenvalue weighted by Gasteiger charge is 2.21. The van der Waals surface area contributed by atoms with E-state index in [0.29, 0.717) is 37.7 Å². The summed E-state index contributed by atoms with van der Waals surface area (Å²) in [7, 11) is 0. The second-order valence-corrected chi connectivity index (χ2v) is 6.32. The summed E-state index contributed by atoms with van der Waals surface area (Å²) >= 11 is 0.